The molecule has 100 valence electrons. The highest BCUT2D eigenvalue weighted by Gasteiger charge is 2.40. The summed E-state index contributed by atoms with van der Waals surface area (Å²) in [5.74, 6) is 0. The van der Waals surface area contributed by atoms with Crippen LogP contribution in [0.5, 0.6) is 0 Å². The summed E-state index contributed by atoms with van der Waals surface area (Å²) in [6.07, 6.45) is 8.89. The highest BCUT2D eigenvalue weighted by Crippen LogP contribution is 2.34. The Morgan fingerprint density at radius 3 is 2.88 bits per heavy atom. The Hall–Kier alpha value is -0.120. The lowest BCUT2D eigenvalue weighted by atomic mass is 9.84. The van der Waals surface area contributed by atoms with Gasteiger partial charge in [0.15, 0.2) is 0 Å². The molecule has 2 saturated heterocycles. The van der Waals surface area contributed by atoms with Crippen LogP contribution in [0.1, 0.15) is 51.9 Å². The van der Waals surface area contributed by atoms with Crippen molar-refractivity contribution in [1.29, 1.82) is 0 Å². The highest BCUT2D eigenvalue weighted by atomic mass is 16.5. The van der Waals surface area contributed by atoms with Crippen LogP contribution < -0.4 is 5.73 Å². The van der Waals surface area contributed by atoms with Gasteiger partial charge in [-0.15, -0.1) is 0 Å². The van der Waals surface area contributed by atoms with Crippen LogP contribution in [0.15, 0.2) is 0 Å². The summed E-state index contributed by atoms with van der Waals surface area (Å²) in [6, 6.07) is 0.755. The molecule has 17 heavy (non-hydrogen) atoms. The van der Waals surface area contributed by atoms with E-state index in [0.717, 1.165) is 32.2 Å². The van der Waals surface area contributed by atoms with Crippen molar-refractivity contribution in [2.45, 2.75) is 63.5 Å². The number of piperidine rings is 1. The molecule has 2 aliphatic heterocycles. The molecule has 2 N–H and O–H groups in total. The fourth-order valence-corrected chi connectivity index (χ4v) is 3.65. The summed E-state index contributed by atoms with van der Waals surface area (Å²) in [5.41, 5.74) is 6.39. The van der Waals surface area contributed by atoms with Crippen molar-refractivity contribution in [2.75, 3.05) is 26.3 Å². The summed E-state index contributed by atoms with van der Waals surface area (Å²) >= 11 is 0. The second-order valence-corrected chi connectivity index (χ2v) is 5.65. The molecule has 0 radical (unpaired) electrons. The molecule has 2 atom stereocenters. The Bertz CT molecular complexity index is 224. The average Bonchev–Trinajstić information content (AvgIpc) is 2.65. The van der Waals surface area contributed by atoms with E-state index < -0.39 is 0 Å². The summed E-state index contributed by atoms with van der Waals surface area (Å²) in [5, 5.41) is 0. The minimum absolute atomic E-state index is 0.234. The molecule has 0 saturated carbocycles. The SMILES string of the molecule is CCC1CCCCN1C1(CN)CCCOCC1. The van der Waals surface area contributed by atoms with E-state index >= 15 is 0 Å². The topological polar surface area (TPSA) is 38.5 Å². The molecule has 2 fully saturated rings. The summed E-state index contributed by atoms with van der Waals surface area (Å²) in [7, 11) is 0. The molecule has 0 aromatic rings. The molecule has 0 spiro atoms. The summed E-state index contributed by atoms with van der Waals surface area (Å²) < 4.78 is 5.63. The van der Waals surface area contributed by atoms with Gasteiger partial charge in [0, 0.05) is 31.3 Å². The molecule has 2 heterocycles. The van der Waals surface area contributed by atoms with Crippen LogP contribution in [-0.2, 0) is 4.74 Å². The van der Waals surface area contributed by atoms with Crippen molar-refractivity contribution in [1.82, 2.24) is 4.90 Å². The van der Waals surface area contributed by atoms with Gasteiger partial charge in [-0.05, 0) is 45.1 Å². The van der Waals surface area contributed by atoms with Crippen molar-refractivity contribution < 1.29 is 4.74 Å². The fraction of sp³-hybridized carbons (Fsp3) is 1.00. The van der Waals surface area contributed by atoms with Gasteiger partial charge in [-0.25, -0.2) is 0 Å². The van der Waals surface area contributed by atoms with Gasteiger partial charge in [-0.1, -0.05) is 13.3 Å². The lowest BCUT2D eigenvalue weighted by molar-refractivity contribution is 0.00591. The van der Waals surface area contributed by atoms with Crippen LogP contribution in [0, 0.1) is 0 Å². The third-order valence-corrected chi connectivity index (χ3v) is 4.73. The average molecular weight is 240 g/mol. The number of hydrogen-bond acceptors (Lipinski definition) is 3. The van der Waals surface area contributed by atoms with Crippen LogP contribution in [-0.4, -0.2) is 42.8 Å². The molecule has 3 heteroatoms. The van der Waals surface area contributed by atoms with E-state index in [-0.39, 0.29) is 5.54 Å². The van der Waals surface area contributed by atoms with Gasteiger partial charge in [0.1, 0.15) is 0 Å². The maximum Gasteiger partial charge on any atom is 0.0484 e. The van der Waals surface area contributed by atoms with Crippen LogP contribution in [0.4, 0.5) is 0 Å². The number of rotatable bonds is 3. The van der Waals surface area contributed by atoms with E-state index in [4.69, 9.17) is 10.5 Å². The molecule has 2 rings (SSSR count). The van der Waals surface area contributed by atoms with Crippen LogP contribution in [0.2, 0.25) is 0 Å². The third-order valence-electron chi connectivity index (χ3n) is 4.73. The van der Waals surface area contributed by atoms with E-state index in [9.17, 15) is 0 Å². The smallest absolute Gasteiger partial charge is 0.0484 e. The standard InChI is InChI=1S/C14H28N2O/c1-2-13-6-3-4-9-16(13)14(12-15)7-5-10-17-11-8-14/h13H,2-12,15H2,1H3. The van der Waals surface area contributed by atoms with E-state index in [1.165, 1.54) is 45.1 Å². The summed E-state index contributed by atoms with van der Waals surface area (Å²) in [4.78, 5) is 2.74. The molecular formula is C14H28N2O. The Morgan fingerprint density at radius 1 is 1.24 bits per heavy atom. The zero-order valence-electron chi connectivity index (χ0n) is 11.3. The van der Waals surface area contributed by atoms with Crippen molar-refractivity contribution >= 4 is 0 Å². The minimum Gasteiger partial charge on any atom is -0.381 e. The molecule has 2 unspecified atom stereocenters. The van der Waals surface area contributed by atoms with E-state index in [2.05, 4.69) is 11.8 Å². The first-order valence-electron chi connectivity index (χ1n) is 7.37. The first-order chi connectivity index (χ1) is 8.32. The van der Waals surface area contributed by atoms with Crippen LogP contribution in [0.25, 0.3) is 0 Å². The minimum atomic E-state index is 0.234. The van der Waals surface area contributed by atoms with Crippen molar-refractivity contribution in [3.8, 4) is 0 Å². The van der Waals surface area contributed by atoms with Crippen molar-refractivity contribution in [2.24, 2.45) is 5.73 Å². The van der Waals surface area contributed by atoms with Gasteiger partial charge in [0.05, 0.1) is 0 Å². The Kier molecular flexibility index (Phi) is 4.83. The number of nitrogens with zero attached hydrogens (tertiary/aromatic N) is 1. The zero-order valence-corrected chi connectivity index (χ0v) is 11.3. The number of hydrogen-bond donors (Lipinski definition) is 1. The largest absolute Gasteiger partial charge is 0.381 e. The number of ether oxygens (including phenoxy) is 1. The monoisotopic (exact) mass is 240 g/mol. The van der Waals surface area contributed by atoms with E-state index in [1.807, 2.05) is 0 Å². The molecule has 3 nitrogen and oxygen atoms in total. The van der Waals surface area contributed by atoms with Gasteiger partial charge in [-0.2, -0.15) is 0 Å². The van der Waals surface area contributed by atoms with E-state index in [0.29, 0.717) is 0 Å². The molecule has 0 aromatic heterocycles. The Balaban J connectivity index is 2.12. The lowest BCUT2D eigenvalue weighted by Gasteiger charge is -2.49. The first kappa shape index (κ1) is 13.3. The second kappa shape index (κ2) is 6.17. The van der Waals surface area contributed by atoms with Gasteiger partial charge >= 0.3 is 0 Å². The quantitative estimate of drug-likeness (QED) is 0.821. The molecule has 0 aromatic carbocycles. The Labute approximate surface area is 106 Å². The normalized spacial score (nSPS) is 36.7. The van der Waals surface area contributed by atoms with Crippen LogP contribution in [0.3, 0.4) is 0 Å². The van der Waals surface area contributed by atoms with Crippen LogP contribution >= 0.6 is 0 Å². The maximum absolute atomic E-state index is 6.16. The van der Waals surface area contributed by atoms with Gasteiger partial charge < -0.3 is 10.5 Å². The van der Waals surface area contributed by atoms with Crippen molar-refractivity contribution in [3.63, 3.8) is 0 Å². The van der Waals surface area contributed by atoms with E-state index in [1.54, 1.807) is 0 Å². The fourth-order valence-electron chi connectivity index (χ4n) is 3.65. The Morgan fingerprint density at radius 2 is 2.12 bits per heavy atom. The molecular weight excluding hydrogens is 212 g/mol. The van der Waals surface area contributed by atoms with Gasteiger partial charge in [0.2, 0.25) is 0 Å². The number of likely N-dealkylation sites (tertiary alicyclic amines) is 1. The first-order valence-corrected chi connectivity index (χ1v) is 7.37. The second-order valence-electron chi connectivity index (χ2n) is 5.65. The predicted molar refractivity (Wildman–Crippen MR) is 71.1 cm³/mol. The zero-order chi connectivity index (χ0) is 12.1. The lowest BCUT2D eigenvalue weighted by Crippen LogP contribution is -2.59. The highest BCUT2D eigenvalue weighted by molar-refractivity contribution is 4.97. The number of nitrogens with two attached hydrogens (primary N) is 1. The summed E-state index contributed by atoms with van der Waals surface area (Å²) in [6.45, 7) is 6.18. The molecule has 0 aliphatic carbocycles. The molecule has 0 amide bonds. The molecule has 0 bridgehead atoms. The predicted octanol–water partition coefficient (Wildman–Crippen LogP) is 2.15. The van der Waals surface area contributed by atoms with Crippen molar-refractivity contribution in [3.05, 3.63) is 0 Å². The third kappa shape index (κ3) is 2.83. The molecule has 2 aliphatic rings. The van der Waals surface area contributed by atoms with Gasteiger partial charge in [0.25, 0.3) is 0 Å². The maximum atomic E-state index is 6.16. The van der Waals surface area contributed by atoms with Gasteiger partial charge in [-0.3, -0.25) is 4.90 Å².